The Labute approximate surface area is 168 Å². The van der Waals surface area contributed by atoms with E-state index in [1.165, 1.54) is 0 Å². The van der Waals surface area contributed by atoms with Crippen molar-refractivity contribution < 1.29 is 19.0 Å². The third kappa shape index (κ3) is 12.5. The standard InChI is InChI=1S/C23H46O4/c1-12-22(8,9)26-14-13-23(10,11)27-16-15-25-19(24)18(21(5,6)7)17-20(2,3)4/h18H,12-17H2,1-11H3. The average molecular weight is 387 g/mol. The molecule has 0 amide bonds. The Kier molecular flexibility index (Phi) is 10.0. The molecule has 27 heavy (non-hydrogen) atoms. The summed E-state index contributed by atoms with van der Waals surface area (Å²) in [6, 6.07) is 0. The molecule has 1 unspecified atom stereocenters. The summed E-state index contributed by atoms with van der Waals surface area (Å²) < 4.78 is 17.4. The third-order valence-electron chi connectivity index (χ3n) is 5.02. The highest BCUT2D eigenvalue weighted by Gasteiger charge is 2.35. The molecule has 0 aliphatic heterocycles. The molecule has 0 rings (SSSR count). The molecule has 0 aromatic rings. The van der Waals surface area contributed by atoms with E-state index in [0.717, 1.165) is 19.3 Å². The van der Waals surface area contributed by atoms with E-state index in [1.807, 2.05) is 0 Å². The molecule has 0 radical (unpaired) electrons. The van der Waals surface area contributed by atoms with E-state index in [9.17, 15) is 4.79 Å². The van der Waals surface area contributed by atoms with Gasteiger partial charge in [-0.05, 0) is 57.8 Å². The molecule has 0 aromatic heterocycles. The molecular formula is C23H46O4. The first-order valence-corrected chi connectivity index (χ1v) is 10.4. The van der Waals surface area contributed by atoms with E-state index >= 15 is 0 Å². The van der Waals surface area contributed by atoms with E-state index in [1.54, 1.807) is 0 Å². The van der Waals surface area contributed by atoms with Crippen LogP contribution in [0, 0.1) is 16.7 Å². The van der Waals surface area contributed by atoms with E-state index in [0.29, 0.717) is 19.8 Å². The van der Waals surface area contributed by atoms with Crippen LogP contribution in [0.3, 0.4) is 0 Å². The second kappa shape index (κ2) is 10.2. The summed E-state index contributed by atoms with van der Waals surface area (Å²) in [4.78, 5) is 12.6. The average Bonchev–Trinajstić information content (AvgIpc) is 2.46. The van der Waals surface area contributed by atoms with Gasteiger partial charge >= 0.3 is 5.97 Å². The lowest BCUT2D eigenvalue weighted by molar-refractivity contribution is -0.158. The first-order valence-electron chi connectivity index (χ1n) is 10.4. The fourth-order valence-electron chi connectivity index (χ4n) is 2.66. The van der Waals surface area contributed by atoms with Crippen LogP contribution in [0.2, 0.25) is 0 Å². The highest BCUT2D eigenvalue weighted by atomic mass is 16.6. The molecule has 0 spiro atoms. The molecule has 0 heterocycles. The Morgan fingerprint density at radius 3 is 1.74 bits per heavy atom. The van der Waals surface area contributed by atoms with Gasteiger partial charge in [-0.25, -0.2) is 0 Å². The lowest BCUT2D eigenvalue weighted by Crippen LogP contribution is -2.35. The van der Waals surface area contributed by atoms with Crippen molar-refractivity contribution in [3.8, 4) is 0 Å². The van der Waals surface area contributed by atoms with Crippen molar-refractivity contribution in [1.29, 1.82) is 0 Å². The molecule has 0 aliphatic carbocycles. The van der Waals surface area contributed by atoms with Crippen molar-refractivity contribution >= 4 is 5.97 Å². The monoisotopic (exact) mass is 386 g/mol. The molecule has 0 saturated heterocycles. The summed E-state index contributed by atoms with van der Waals surface area (Å²) >= 11 is 0. The van der Waals surface area contributed by atoms with Crippen LogP contribution >= 0.6 is 0 Å². The van der Waals surface area contributed by atoms with Crippen molar-refractivity contribution in [2.45, 2.75) is 107 Å². The second-order valence-electron chi connectivity index (χ2n) is 11.2. The molecule has 0 bridgehead atoms. The minimum absolute atomic E-state index is 0.0850. The van der Waals surface area contributed by atoms with Crippen LogP contribution in [0.4, 0.5) is 0 Å². The highest BCUT2D eigenvalue weighted by molar-refractivity contribution is 5.73. The van der Waals surface area contributed by atoms with Gasteiger partial charge in [-0.1, -0.05) is 48.5 Å². The largest absolute Gasteiger partial charge is 0.463 e. The zero-order valence-electron chi connectivity index (χ0n) is 20.0. The summed E-state index contributed by atoms with van der Waals surface area (Å²) in [5, 5.41) is 0. The van der Waals surface area contributed by atoms with Gasteiger partial charge in [0.05, 0.1) is 30.3 Å². The number of hydrogen-bond donors (Lipinski definition) is 0. The van der Waals surface area contributed by atoms with Crippen LogP contribution in [-0.2, 0) is 19.0 Å². The van der Waals surface area contributed by atoms with E-state index in [2.05, 4.69) is 76.2 Å². The van der Waals surface area contributed by atoms with Crippen molar-refractivity contribution in [3.05, 3.63) is 0 Å². The molecule has 162 valence electrons. The van der Waals surface area contributed by atoms with Gasteiger partial charge in [-0.3, -0.25) is 4.79 Å². The molecule has 4 nitrogen and oxygen atoms in total. The maximum Gasteiger partial charge on any atom is 0.309 e. The molecule has 0 aromatic carbocycles. The predicted molar refractivity (Wildman–Crippen MR) is 113 cm³/mol. The van der Waals surface area contributed by atoms with Crippen molar-refractivity contribution in [2.24, 2.45) is 16.7 Å². The maximum atomic E-state index is 12.6. The molecule has 1 atom stereocenters. The summed E-state index contributed by atoms with van der Waals surface area (Å²) in [7, 11) is 0. The van der Waals surface area contributed by atoms with Crippen LogP contribution in [0.1, 0.15) is 95.4 Å². The van der Waals surface area contributed by atoms with Crippen LogP contribution in [0.15, 0.2) is 0 Å². The zero-order valence-corrected chi connectivity index (χ0v) is 20.0. The third-order valence-corrected chi connectivity index (χ3v) is 5.02. The Bertz CT molecular complexity index is 438. The Balaban J connectivity index is 4.38. The van der Waals surface area contributed by atoms with Crippen molar-refractivity contribution in [3.63, 3.8) is 0 Å². The number of carbonyl (C=O) groups is 1. The first kappa shape index (κ1) is 26.4. The molecule has 0 N–H and O–H groups in total. The van der Waals surface area contributed by atoms with Crippen LogP contribution in [0.5, 0.6) is 0 Å². The molecular weight excluding hydrogens is 340 g/mol. The topological polar surface area (TPSA) is 44.8 Å². The van der Waals surface area contributed by atoms with E-state index in [4.69, 9.17) is 14.2 Å². The van der Waals surface area contributed by atoms with E-state index < -0.39 is 0 Å². The first-order chi connectivity index (χ1) is 12.0. The lowest BCUT2D eigenvalue weighted by Gasteiger charge is -2.34. The Morgan fingerprint density at radius 1 is 0.778 bits per heavy atom. The van der Waals surface area contributed by atoms with Gasteiger partial charge in [0.25, 0.3) is 0 Å². The Hall–Kier alpha value is -0.610. The van der Waals surface area contributed by atoms with Gasteiger partial charge in [0, 0.05) is 0 Å². The molecule has 0 saturated carbocycles. The number of esters is 1. The quantitative estimate of drug-likeness (QED) is 0.322. The van der Waals surface area contributed by atoms with Gasteiger partial charge in [0.2, 0.25) is 0 Å². The van der Waals surface area contributed by atoms with Gasteiger partial charge < -0.3 is 14.2 Å². The summed E-state index contributed by atoms with van der Waals surface area (Å²) in [6.45, 7) is 24.6. The molecule has 0 aliphatic rings. The maximum absolute atomic E-state index is 12.6. The fraction of sp³-hybridized carbons (Fsp3) is 0.957. The summed E-state index contributed by atoms with van der Waals surface area (Å²) in [5.74, 6) is -0.234. The second-order valence-corrected chi connectivity index (χ2v) is 11.2. The van der Waals surface area contributed by atoms with Gasteiger partial charge in [-0.15, -0.1) is 0 Å². The molecule has 0 fully saturated rings. The SMILES string of the molecule is CCC(C)(C)OCCC(C)(C)OCCOC(=O)C(CC(C)(C)C)C(C)(C)C. The van der Waals surface area contributed by atoms with E-state index in [-0.39, 0.29) is 33.9 Å². The van der Waals surface area contributed by atoms with Crippen LogP contribution in [-0.4, -0.2) is 37.0 Å². The lowest BCUT2D eigenvalue weighted by atomic mass is 9.72. The van der Waals surface area contributed by atoms with Gasteiger partial charge in [0.15, 0.2) is 0 Å². The number of ether oxygens (including phenoxy) is 3. The highest BCUT2D eigenvalue weighted by Crippen LogP contribution is 2.36. The Morgan fingerprint density at radius 2 is 1.30 bits per heavy atom. The normalized spacial score (nSPS) is 14.9. The smallest absolute Gasteiger partial charge is 0.309 e. The minimum Gasteiger partial charge on any atom is -0.463 e. The summed E-state index contributed by atoms with van der Waals surface area (Å²) in [5.41, 5.74) is -0.429. The van der Waals surface area contributed by atoms with Gasteiger partial charge in [-0.2, -0.15) is 0 Å². The number of carbonyl (C=O) groups excluding carboxylic acids is 1. The van der Waals surface area contributed by atoms with Gasteiger partial charge in [0.1, 0.15) is 6.61 Å². The fourth-order valence-corrected chi connectivity index (χ4v) is 2.66. The van der Waals surface area contributed by atoms with Crippen LogP contribution in [0.25, 0.3) is 0 Å². The zero-order chi connectivity index (χ0) is 21.5. The molecule has 4 heteroatoms. The van der Waals surface area contributed by atoms with Crippen molar-refractivity contribution in [1.82, 2.24) is 0 Å². The number of hydrogen-bond acceptors (Lipinski definition) is 4. The predicted octanol–water partition coefficient (Wildman–Crippen LogP) is 6.02. The number of rotatable bonds is 11. The summed E-state index contributed by atoms with van der Waals surface area (Å²) in [6.07, 6.45) is 2.60. The van der Waals surface area contributed by atoms with Crippen molar-refractivity contribution in [2.75, 3.05) is 19.8 Å². The van der Waals surface area contributed by atoms with Crippen LogP contribution < -0.4 is 0 Å². The minimum atomic E-state index is -0.301.